The number of phenols is 1. The Balaban J connectivity index is 1.81. The predicted molar refractivity (Wildman–Crippen MR) is 111 cm³/mol. The number of phenolic OH excluding ortho intramolecular Hbond substituents is 1. The summed E-state index contributed by atoms with van der Waals surface area (Å²) in [6, 6.07) is 2.92. The molecule has 1 saturated heterocycles. The van der Waals surface area contributed by atoms with Crippen molar-refractivity contribution in [2.45, 2.75) is 57.6 Å². The Morgan fingerprint density at radius 2 is 1.90 bits per heavy atom. The van der Waals surface area contributed by atoms with Crippen LogP contribution in [0.5, 0.6) is 5.75 Å². The first-order chi connectivity index (χ1) is 14.2. The second-order valence-corrected chi connectivity index (χ2v) is 9.24. The molecule has 160 valence electrons. The van der Waals surface area contributed by atoms with E-state index in [9.17, 15) is 24.9 Å². The van der Waals surface area contributed by atoms with E-state index in [-0.39, 0.29) is 39.8 Å². The molecule has 1 aromatic heterocycles. The zero-order valence-electron chi connectivity index (χ0n) is 17.2. The van der Waals surface area contributed by atoms with Crippen molar-refractivity contribution >= 4 is 22.9 Å². The highest BCUT2D eigenvalue weighted by atomic mass is 32.1. The molecular weight excluding hydrogens is 406 g/mol. The molecule has 0 bridgehead atoms. The molecular formula is C22H25NO6S. The largest absolute Gasteiger partial charge is 0.507 e. The summed E-state index contributed by atoms with van der Waals surface area (Å²) in [5, 5.41) is 34.4. The molecule has 7 nitrogen and oxygen atoms in total. The van der Waals surface area contributed by atoms with Crippen molar-refractivity contribution in [3.05, 3.63) is 49.7 Å². The van der Waals surface area contributed by atoms with E-state index < -0.39 is 30.2 Å². The maximum Gasteiger partial charge on any atom is 0.199 e. The smallest absolute Gasteiger partial charge is 0.199 e. The molecule has 0 saturated carbocycles. The van der Waals surface area contributed by atoms with Crippen LogP contribution in [0, 0.1) is 6.92 Å². The second-order valence-electron chi connectivity index (χ2n) is 7.98. The van der Waals surface area contributed by atoms with Crippen LogP contribution in [0.15, 0.2) is 12.1 Å². The first-order valence-electron chi connectivity index (χ1n) is 9.94. The number of rotatable bonds is 3. The normalized spacial score (nSPS) is 27.0. The van der Waals surface area contributed by atoms with Gasteiger partial charge in [0.2, 0.25) is 0 Å². The summed E-state index contributed by atoms with van der Waals surface area (Å²) in [7, 11) is 1.75. The summed E-state index contributed by atoms with van der Waals surface area (Å²) in [6.45, 7) is 5.05. The predicted octanol–water partition coefficient (Wildman–Crippen LogP) is 2.39. The van der Waals surface area contributed by atoms with Gasteiger partial charge in [-0.25, -0.2) is 0 Å². The van der Waals surface area contributed by atoms with E-state index in [0.29, 0.717) is 21.7 Å². The molecule has 1 aliphatic carbocycles. The van der Waals surface area contributed by atoms with E-state index in [4.69, 9.17) is 4.74 Å². The summed E-state index contributed by atoms with van der Waals surface area (Å²) in [5.41, 5.74) is 1.01. The minimum Gasteiger partial charge on any atom is -0.507 e. The van der Waals surface area contributed by atoms with Gasteiger partial charge in [0.05, 0.1) is 35.5 Å². The van der Waals surface area contributed by atoms with E-state index in [0.717, 1.165) is 0 Å². The Labute approximate surface area is 178 Å². The lowest BCUT2D eigenvalue weighted by Crippen LogP contribution is -2.50. The zero-order valence-corrected chi connectivity index (χ0v) is 18.0. The maximum absolute atomic E-state index is 13.3. The number of hydrogen-bond acceptors (Lipinski definition) is 8. The first-order valence-corrected chi connectivity index (χ1v) is 10.8. The zero-order chi connectivity index (χ0) is 21.9. The van der Waals surface area contributed by atoms with Crippen molar-refractivity contribution in [2.75, 3.05) is 7.05 Å². The number of thiophene rings is 1. The van der Waals surface area contributed by atoms with Gasteiger partial charge < -0.3 is 25.4 Å². The lowest BCUT2D eigenvalue weighted by atomic mass is 9.81. The van der Waals surface area contributed by atoms with Gasteiger partial charge in [0, 0.05) is 32.5 Å². The topological polar surface area (TPSA) is 116 Å². The van der Waals surface area contributed by atoms with E-state index >= 15 is 0 Å². The molecule has 8 heteroatoms. The van der Waals surface area contributed by atoms with Crippen LogP contribution >= 0.6 is 11.3 Å². The van der Waals surface area contributed by atoms with Crippen LogP contribution in [0.1, 0.15) is 79.6 Å². The van der Waals surface area contributed by atoms with Crippen molar-refractivity contribution < 1.29 is 29.6 Å². The SMILES string of the molecule is CNC1CC(c2ccc3c(c2O)C(=O)c2c(C)sc(C(C)O)c2C3=O)OC(C)C1O. The van der Waals surface area contributed by atoms with Crippen LogP contribution in [-0.2, 0) is 4.74 Å². The summed E-state index contributed by atoms with van der Waals surface area (Å²) in [6.07, 6.45) is -2.15. The number of ether oxygens (including phenoxy) is 1. The van der Waals surface area contributed by atoms with Gasteiger partial charge in [-0.2, -0.15) is 0 Å². The molecule has 5 unspecified atom stereocenters. The molecule has 5 atom stereocenters. The number of fused-ring (bicyclic) bond motifs is 2. The number of benzene rings is 1. The van der Waals surface area contributed by atoms with Crippen LogP contribution in [0.4, 0.5) is 0 Å². The minimum atomic E-state index is -0.870. The lowest BCUT2D eigenvalue weighted by Gasteiger charge is -2.38. The van der Waals surface area contributed by atoms with Crippen LogP contribution in [0.25, 0.3) is 0 Å². The highest BCUT2D eigenvalue weighted by molar-refractivity contribution is 7.13. The number of aryl methyl sites for hydroxylation is 1. The number of likely N-dealkylation sites (N-methyl/N-ethyl adjacent to an activating group) is 1. The van der Waals surface area contributed by atoms with Crippen molar-refractivity contribution in [1.82, 2.24) is 5.32 Å². The monoisotopic (exact) mass is 431 g/mol. The highest BCUT2D eigenvalue weighted by Crippen LogP contribution is 2.45. The molecule has 4 rings (SSSR count). The van der Waals surface area contributed by atoms with E-state index in [1.54, 1.807) is 40.0 Å². The van der Waals surface area contributed by atoms with Crippen LogP contribution in [0.3, 0.4) is 0 Å². The quantitative estimate of drug-likeness (QED) is 0.503. The molecule has 2 aliphatic rings. The number of carbonyl (C=O) groups is 2. The number of nitrogens with one attached hydrogen (secondary N) is 1. The molecule has 2 heterocycles. The van der Waals surface area contributed by atoms with Crippen molar-refractivity contribution in [2.24, 2.45) is 0 Å². The van der Waals surface area contributed by atoms with E-state index in [2.05, 4.69) is 5.32 Å². The third-order valence-corrected chi connectivity index (χ3v) is 7.36. The average Bonchev–Trinajstić information content (AvgIpc) is 3.06. The number of aromatic hydroxyl groups is 1. The fourth-order valence-corrected chi connectivity index (χ4v) is 5.58. The molecule has 1 aliphatic heterocycles. The average molecular weight is 432 g/mol. The van der Waals surface area contributed by atoms with E-state index in [1.165, 1.54) is 11.3 Å². The Bertz CT molecular complexity index is 1040. The fraction of sp³-hybridized carbons (Fsp3) is 0.455. The Kier molecular flexibility index (Phi) is 5.32. The van der Waals surface area contributed by atoms with Crippen molar-refractivity contribution in [3.8, 4) is 5.75 Å². The fourth-order valence-electron chi connectivity index (χ4n) is 4.49. The summed E-state index contributed by atoms with van der Waals surface area (Å²) in [4.78, 5) is 27.6. The molecule has 0 spiro atoms. The number of hydrogen-bond donors (Lipinski definition) is 4. The first kappa shape index (κ1) is 21.1. The standard InChI is InChI=1S/C22H25NO6S/c1-8(24)22-17-15(10(3)30-22)21(28)16-12(20(17)27)6-5-11(19(16)26)14-7-13(23-4)18(25)9(2)29-14/h5-6,8-9,13-14,18,23-26H,7H2,1-4H3. The summed E-state index contributed by atoms with van der Waals surface area (Å²) < 4.78 is 5.90. The van der Waals surface area contributed by atoms with Crippen LogP contribution in [-0.4, -0.2) is 52.2 Å². The summed E-state index contributed by atoms with van der Waals surface area (Å²) >= 11 is 1.22. The van der Waals surface area contributed by atoms with Gasteiger partial charge in [-0.15, -0.1) is 11.3 Å². The minimum absolute atomic E-state index is 0.0218. The van der Waals surface area contributed by atoms with Gasteiger partial charge in [0.1, 0.15) is 5.75 Å². The lowest BCUT2D eigenvalue weighted by molar-refractivity contribution is -0.125. The van der Waals surface area contributed by atoms with Gasteiger partial charge >= 0.3 is 0 Å². The third-order valence-electron chi connectivity index (χ3n) is 6.08. The number of aliphatic hydroxyl groups excluding tert-OH is 2. The Morgan fingerprint density at radius 1 is 1.20 bits per heavy atom. The van der Waals surface area contributed by atoms with E-state index in [1.807, 2.05) is 0 Å². The Morgan fingerprint density at radius 3 is 2.53 bits per heavy atom. The molecule has 1 aromatic carbocycles. The van der Waals surface area contributed by atoms with Crippen molar-refractivity contribution in [1.29, 1.82) is 0 Å². The molecule has 1 fully saturated rings. The summed E-state index contributed by atoms with van der Waals surface area (Å²) in [5.74, 6) is -1.05. The molecule has 2 aromatic rings. The van der Waals surface area contributed by atoms with Gasteiger partial charge in [-0.1, -0.05) is 6.07 Å². The van der Waals surface area contributed by atoms with Gasteiger partial charge in [0.15, 0.2) is 11.6 Å². The number of aliphatic hydroxyl groups is 2. The second kappa shape index (κ2) is 7.55. The molecule has 0 radical (unpaired) electrons. The molecule has 0 amide bonds. The number of ketones is 2. The Hall–Kier alpha value is -2.10. The highest BCUT2D eigenvalue weighted by Gasteiger charge is 2.41. The molecule has 30 heavy (non-hydrogen) atoms. The van der Waals surface area contributed by atoms with Crippen LogP contribution in [0.2, 0.25) is 0 Å². The van der Waals surface area contributed by atoms with Gasteiger partial charge in [-0.3, -0.25) is 9.59 Å². The van der Waals surface area contributed by atoms with Gasteiger partial charge in [-0.05, 0) is 40.3 Å². The van der Waals surface area contributed by atoms with Crippen molar-refractivity contribution in [3.63, 3.8) is 0 Å². The van der Waals surface area contributed by atoms with Crippen LogP contribution < -0.4 is 5.32 Å². The third kappa shape index (κ3) is 3.02. The maximum atomic E-state index is 13.3. The number of carbonyl (C=O) groups excluding carboxylic acids is 2. The molecule has 4 N–H and O–H groups in total. The van der Waals surface area contributed by atoms with Gasteiger partial charge in [0.25, 0.3) is 0 Å².